The third kappa shape index (κ3) is 6.49. The van der Waals surface area contributed by atoms with Gasteiger partial charge in [0.2, 0.25) is 10.0 Å². The lowest BCUT2D eigenvalue weighted by molar-refractivity contribution is -0.141. The summed E-state index contributed by atoms with van der Waals surface area (Å²) in [5.41, 5.74) is 1.02. The number of nitrogens with zero attached hydrogens (tertiary/aromatic N) is 1. The number of benzene rings is 1. The number of nitrogens with one attached hydrogen (secondary N) is 2. The van der Waals surface area contributed by atoms with Gasteiger partial charge in [-0.2, -0.15) is 4.31 Å². The van der Waals surface area contributed by atoms with E-state index in [4.69, 9.17) is 4.74 Å². The van der Waals surface area contributed by atoms with Gasteiger partial charge in [-0.25, -0.2) is 13.2 Å². The molecule has 1 aromatic carbocycles. The lowest BCUT2D eigenvalue weighted by Crippen LogP contribution is -2.41. The molecule has 1 aliphatic heterocycles. The van der Waals surface area contributed by atoms with E-state index in [0.717, 1.165) is 24.8 Å². The van der Waals surface area contributed by atoms with Gasteiger partial charge in [0.25, 0.3) is 0 Å². The largest absolute Gasteiger partial charge is 0.465 e. The van der Waals surface area contributed by atoms with Crippen molar-refractivity contribution in [2.75, 3.05) is 32.8 Å². The first-order valence-electron chi connectivity index (χ1n) is 9.57. The van der Waals surface area contributed by atoms with E-state index < -0.39 is 22.0 Å². The predicted molar refractivity (Wildman–Crippen MR) is 105 cm³/mol. The molecule has 28 heavy (non-hydrogen) atoms. The van der Waals surface area contributed by atoms with Crippen LogP contribution < -0.4 is 10.6 Å². The second-order valence-corrected chi connectivity index (χ2v) is 8.80. The number of carbonyl (C=O) groups excluding carboxylic acids is 2. The number of aryl methyl sites for hydroxylation is 1. The molecule has 2 N–H and O–H groups in total. The molecule has 156 valence electrons. The fourth-order valence-corrected chi connectivity index (χ4v) is 4.58. The van der Waals surface area contributed by atoms with Crippen molar-refractivity contribution in [2.24, 2.45) is 5.92 Å². The number of hydrogen-bond donors (Lipinski definition) is 2. The average molecular weight is 412 g/mol. The number of esters is 1. The van der Waals surface area contributed by atoms with E-state index in [1.807, 2.05) is 6.92 Å². The Morgan fingerprint density at radius 3 is 2.39 bits per heavy atom. The molecule has 8 nitrogen and oxygen atoms in total. The molecule has 1 saturated heterocycles. The van der Waals surface area contributed by atoms with E-state index in [0.29, 0.717) is 30.4 Å². The highest BCUT2D eigenvalue weighted by atomic mass is 32.2. The summed E-state index contributed by atoms with van der Waals surface area (Å²) in [5, 5.41) is 5.15. The number of urea groups is 1. The van der Waals surface area contributed by atoms with Gasteiger partial charge in [0.05, 0.1) is 11.5 Å². The van der Waals surface area contributed by atoms with Gasteiger partial charge in [-0.05, 0) is 51.2 Å². The van der Waals surface area contributed by atoms with Crippen molar-refractivity contribution in [1.82, 2.24) is 14.9 Å². The monoisotopic (exact) mass is 411 g/mol. The Morgan fingerprint density at radius 2 is 1.79 bits per heavy atom. The van der Waals surface area contributed by atoms with Crippen LogP contribution in [0.2, 0.25) is 0 Å². The Balaban J connectivity index is 1.70. The van der Waals surface area contributed by atoms with E-state index in [1.54, 1.807) is 31.2 Å². The zero-order valence-electron chi connectivity index (χ0n) is 16.4. The van der Waals surface area contributed by atoms with Crippen molar-refractivity contribution < 1.29 is 22.7 Å². The predicted octanol–water partition coefficient (Wildman–Crippen LogP) is 1.65. The SMILES string of the molecule is CCOC(=O)CNC(=O)NCCC1CCN(S(=O)(=O)c2ccc(C)cc2)CC1. The van der Waals surface area contributed by atoms with Crippen LogP contribution >= 0.6 is 0 Å². The zero-order valence-corrected chi connectivity index (χ0v) is 17.3. The number of amides is 2. The van der Waals surface area contributed by atoms with E-state index in [1.165, 1.54) is 4.31 Å². The maximum Gasteiger partial charge on any atom is 0.325 e. The van der Waals surface area contributed by atoms with Gasteiger partial charge < -0.3 is 15.4 Å². The first-order valence-corrected chi connectivity index (χ1v) is 11.0. The molecule has 0 radical (unpaired) electrons. The molecule has 0 aliphatic carbocycles. The fraction of sp³-hybridized carbons (Fsp3) is 0.579. The standard InChI is InChI=1S/C19H29N3O5S/c1-3-27-18(23)14-21-19(24)20-11-8-16-9-12-22(13-10-16)28(25,26)17-6-4-15(2)5-7-17/h4-7,16H,3,8-14H2,1-2H3,(H2,20,21,24). The molecule has 0 spiro atoms. The molecule has 0 aromatic heterocycles. The summed E-state index contributed by atoms with van der Waals surface area (Å²) in [6, 6.07) is 6.49. The highest BCUT2D eigenvalue weighted by Gasteiger charge is 2.29. The summed E-state index contributed by atoms with van der Waals surface area (Å²) in [6.07, 6.45) is 2.29. The zero-order chi connectivity index (χ0) is 20.6. The summed E-state index contributed by atoms with van der Waals surface area (Å²) < 4.78 is 31.7. The molecule has 1 aliphatic rings. The van der Waals surface area contributed by atoms with Gasteiger partial charge in [0, 0.05) is 19.6 Å². The van der Waals surface area contributed by atoms with Crippen LogP contribution in [0.25, 0.3) is 0 Å². The maximum atomic E-state index is 12.7. The Labute approximate surface area is 166 Å². The molecule has 1 heterocycles. The Bertz CT molecular complexity index is 756. The van der Waals surface area contributed by atoms with Crippen molar-refractivity contribution >= 4 is 22.0 Å². The van der Waals surface area contributed by atoms with Crippen molar-refractivity contribution in [3.05, 3.63) is 29.8 Å². The van der Waals surface area contributed by atoms with Gasteiger partial charge in [-0.15, -0.1) is 0 Å². The Hall–Kier alpha value is -2.13. The number of hydrogen-bond acceptors (Lipinski definition) is 5. The smallest absolute Gasteiger partial charge is 0.325 e. The molecule has 2 rings (SSSR count). The van der Waals surface area contributed by atoms with Crippen LogP contribution in [-0.2, 0) is 19.6 Å². The molecular weight excluding hydrogens is 382 g/mol. The van der Waals surface area contributed by atoms with Crippen LogP contribution in [-0.4, -0.2) is 57.5 Å². The lowest BCUT2D eigenvalue weighted by Gasteiger charge is -2.31. The highest BCUT2D eigenvalue weighted by molar-refractivity contribution is 7.89. The first-order chi connectivity index (χ1) is 13.3. The van der Waals surface area contributed by atoms with Crippen LogP contribution in [0.4, 0.5) is 4.79 Å². The fourth-order valence-electron chi connectivity index (χ4n) is 3.11. The molecular formula is C19H29N3O5S. The number of rotatable bonds is 8. The van der Waals surface area contributed by atoms with Crippen molar-refractivity contribution in [3.8, 4) is 0 Å². The third-order valence-electron chi connectivity index (χ3n) is 4.77. The van der Waals surface area contributed by atoms with Gasteiger partial charge in [0.15, 0.2) is 0 Å². The van der Waals surface area contributed by atoms with E-state index in [-0.39, 0.29) is 13.2 Å². The van der Waals surface area contributed by atoms with Crippen LogP contribution in [0.15, 0.2) is 29.2 Å². The average Bonchev–Trinajstić information content (AvgIpc) is 2.67. The molecule has 0 atom stereocenters. The lowest BCUT2D eigenvalue weighted by atomic mass is 9.95. The number of piperidine rings is 1. The topological polar surface area (TPSA) is 105 Å². The van der Waals surface area contributed by atoms with Crippen LogP contribution in [0.3, 0.4) is 0 Å². The molecule has 1 aromatic rings. The minimum Gasteiger partial charge on any atom is -0.465 e. The van der Waals surface area contributed by atoms with Gasteiger partial charge >= 0.3 is 12.0 Å². The highest BCUT2D eigenvalue weighted by Crippen LogP contribution is 2.25. The van der Waals surface area contributed by atoms with Gasteiger partial charge in [-0.1, -0.05) is 17.7 Å². The molecule has 0 unspecified atom stereocenters. The van der Waals surface area contributed by atoms with Gasteiger partial charge in [-0.3, -0.25) is 4.79 Å². The summed E-state index contributed by atoms with van der Waals surface area (Å²) in [6.45, 7) is 5.19. The van der Waals surface area contributed by atoms with Gasteiger partial charge in [0.1, 0.15) is 6.54 Å². The van der Waals surface area contributed by atoms with Crippen LogP contribution in [0.1, 0.15) is 31.7 Å². The van der Waals surface area contributed by atoms with E-state index in [2.05, 4.69) is 10.6 Å². The summed E-state index contributed by atoms with van der Waals surface area (Å²) in [4.78, 5) is 23.2. The Morgan fingerprint density at radius 1 is 1.14 bits per heavy atom. The van der Waals surface area contributed by atoms with Crippen LogP contribution in [0, 0.1) is 12.8 Å². The molecule has 0 saturated carbocycles. The number of ether oxygens (including phenoxy) is 1. The van der Waals surface area contributed by atoms with Crippen molar-refractivity contribution in [2.45, 2.75) is 38.0 Å². The number of carbonyl (C=O) groups is 2. The van der Waals surface area contributed by atoms with E-state index >= 15 is 0 Å². The third-order valence-corrected chi connectivity index (χ3v) is 6.68. The summed E-state index contributed by atoms with van der Waals surface area (Å²) in [7, 11) is -3.45. The van der Waals surface area contributed by atoms with Crippen LogP contribution in [0.5, 0.6) is 0 Å². The quantitative estimate of drug-likeness (QED) is 0.633. The number of sulfonamides is 1. The second-order valence-electron chi connectivity index (χ2n) is 6.86. The molecule has 2 amide bonds. The first kappa shape index (κ1) is 22.2. The van der Waals surface area contributed by atoms with Crippen molar-refractivity contribution in [1.29, 1.82) is 0 Å². The molecule has 9 heteroatoms. The second kappa shape index (κ2) is 10.4. The minimum absolute atomic E-state index is 0.158. The Kier molecular flexibility index (Phi) is 8.25. The van der Waals surface area contributed by atoms with E-state index in [9.17, 15) is 18.0 Å². The summed E-state index contributed by atoms with van der Waals surface area (Å²) >= 11 is 0. The minimum atomic E-state index is -3.45. The molecule has 1 fully saturated rings. The normalized spacial score (nSPS) is 15.8. The maximum absolute atomic E-state index is 12.7. The molecule has 0 bridgehead atoms. The summed E-state index contributed by atoms with van der Waals surface area (Å²) in [5.74, 6) is -0.116. The van der Waals surface area contributed by atoms with Crippen molar-refractivity contribution in [3.63, 3.8) is 0 Å².